The molecule has 132 valence electrons. The molecular weight excluding hydrogens is 348 g/mol. The number of carbonyl (C=O) groups is 1. The first-order valence-electron chi connectivity index (χ1n) is 6.95. The van der Waals surface area contributed by atoms with Crippen molar-refractivity contribution in [2.45, 2.75) is 4.90 Å². The third-order valence-electron chi connectivity index (χ3n) is 3.33. The number of rotatable bonds is 7. The molecule has 1 aromatic heterocycles. The van der Waals surface area contributed by atoms with Gasteiger partial charge in [-0.2, -0.15) is 0 Å². The van der Waals surface area contributed by atoms with Crippen LogP contribution in [-0.4, -0.2) is 44.8 Å². The summed E-state index contributed by atoms with van der Waals surface area (Å²) in [5, 5.41) is 19.1. The van der Waals surface area contributed by atoms with E-state index in [0.29, 0.717) is 11.3 Å². The normalized spacial score (nSPS) is 10.8. The lowest BCUT2D eigenvalue weighted by molar-refractivity contribution is 0.0690. The van der Waals surface area contributed by atoms with E-state index in [1.165, 1.54) is 13.2 Å². The first-order valence-corrected chi connectivity index (χ1v) is 8.43. The van der Waals surface area contributed by atoms with Crippen molar-refractivity contribution in [3.8, 4) is 5.75 Å². The van der Waals surface area contributed by atoms with Crippen molar-refractivity contribution < 1.29 is 23.1 Å². The lowest BCUT2D eigenvalue weighted by atomic mass is 10.1. The van der Waals surface area contributed by atoms with Crippen LogP contribution in [-0.2, 0) is 10.0 Å². The van der Waals surface area contributed by atoms with E-state index in [9.17, 15) is 13.2 Å². The number of benzene rings is 1. The lowest BCUT2D eigenvalue weighted by Crippen LogP contribution is -2.16. The number of nitrogens with zero attached hydrogens (tertiary/aromatic N) is 1. The number of methoxy groups -OCH3 is 1. The molecule has 4 N–H and O–H groups in total. The SMILES string of the molecule is CNc1c(C=N)ccc(OC)c1NS(=O)(=O)c1ccc(C(=O)O)nc1. The van der Waals surface area contributed by atoms with Gasteiger partial charge in [-0.3, -0.25) is 4.72 Å². The Hall–Kier alpha value is -3.14. The van der Waals surface area contributed by atoms with Crippen LogP contribution in [0.25, 0.3) is 0 Å². The zero-order chi connectivity index (χ0) is 18.6. The Morgan fingerprint density at radius 1 is 1.28 bits per heavy atom. The van der Waals surface area contributed by atoms with Crippen LogP contribution in [0.2, 0.25) is 0 Å². The van der Waals surface area contributed by atoms with Gasteiger partial charge >= 0.3 is 5.97 Å². The zero-order valence-corrected chi connectivity index (χ0v) is 14.2. The molecule has 0 aliphatic carbocycles. The van der Waals surface area contributed by atoms with Gasteiger partial charge in [-0.15, -0.1) is 0 Å². The van der Waals surface area contributed by atoms with Gasteiger partial charge in [-0.1, -0.05) is 0 Å². The van der Waals surface area contributed by atoms with E-state index in [0.717, 1.165) is 24.5 Å². The summed E-state index contributed by atoms with van der Waals surface area (Å²) in [6.45, 7) is 0. The van der Waals surface area contributed by atoms with Gasteiger partial charge in [0.15, 0.2) is 0 Å². The monoisotopic (exact) mass is 364 g/mol. The highest BCUT2D eigenvalue weighted by Gasteiger charge is 2.21. The number of ether oxygens (including phenoxy) is 1. The van der Waals surface area contributed by atoms with E-state index >= 15 is 0 Å². The van der Waals surface area contributed by atoms with E-state index in [4.69, 9.17) is 15.3 Å². The number of hydrogen-bond donors (Lipinski definition) is 4. The second-order valence-electron chi connectivity index (χ2n) is 4.79. The molecule has 10 heteroatoms. The molecule has 0 unspecified atom stereocenters. The molecule has 0 fully saturated rings. The highest BCUT2D eigenvalue weighted by atomic mass is 32.2. The third kappa shape index (κ3) is 3.69. The van der Waals surface area contributed by atoms with Crippen LogP contribution >= 0.6 is 0 Å². The number of hydrogen-bond acceptors (Lipinski definition) is 7. The van der Waals surface area contributed by atoms with Crippen molar-refractivity contribution in [2.24, 2.45) is 0 Å². The highest BCUT2D eigenvalue weighted by Crippen LogP contribution is 2.36. The van der Waals surface area contributed by atoms with Crippen LogP contribution in [0.3, 0.4) is 0 Å². The first kappa shape index (κ1) is 18.2. The molecule has 25 heavy (non-hydrogen) atoms. The van der Waals surface area contributed by atoms with Crippen molar-refractivity contribution in [1.29, 1.82) is 5.41 Å². The Kier molecular flexibility index (Phi) is 5.22. The molecular formula is C15H16N4O5S. The highest BCUT2D eigenvalue weighted by molar-refractivity contribution is 7.92. The molecule has 1 aromatic carbocycles. The van der Waals surface area contributed by atoms with Crippen LogP contribution in [0.1, 0.15) is 16.1 Å². The van der Waals surface area contributed by atoms with E-state index in [-0.39, 0.29) is 22.0 Å². The quantitative estimate of drug-likeness (QED) is 0.547. The van der Waals surface area contributed by atoms with Gasteiger partial charge in [0.25, 0.3) is 10.0 Å². The Bertz CT molecular complexity index is 910. The minimum Gasteiger partial charge on any atom is -0.494 e. The summed E-state index contributed by atoms with van der Waals surface area (Å²) in [7, 11) is -1.07. The fraction of sp³-hybridized carbons (Fsp3) is 0.133. The summed E-state index contributed by atoms with van der Waals surface area (Å²) in [5.41, 5.74) is 0.694. The molecule has 0 spiro atoms. The molecule has 0 bridgehead atoms. The van der Waals surface area contributed by atoms with Crippen molar-refractivity contribution in [3.05, 3.63) is 41.7 Å². The first-order chi connectivity index (χ1) is 11.8. The predicted molar refractivity (Wildman–Crippen MR) is 92.4 cm³/mol. The molecule has 0 atom stereocenters. The predicted octanol–water partition coefficient (Wildman–Crippen LogP) is 1.63. The fourth-order valence-corrected chi connectivity index (χ4v) is 3.15. The summed E-state index contributed by atoms with van der Waals surface area (Å²) < 4.78 is 32.7. The zero-order valence-electron chi connectivity index (χ0n) is 13.4. The number of carboxylic acid groups (broad SMARTS) is 1. The van der Waals surface area contributed by atoms with Gasteiger partial charge in [0.2, 0.25) is 0 Å². The largest absolute Gasteiger partial charge is 0.494 e. The van der Waals surface area contributed by atoms with E-state index in [2.05, 4.69) is 15.0 Å². The fourth-order valence-electron chi connectivity index (χ4n) is 2.12. The maximum absolute atomic E-state index is 12.6. The maximum Gasteiger partial charge on any atom is 0.354 e. The van der Waals surface area contributed by atoms with E-state index < -0.39 is 16.0 Å². The van der Waals surface area contributed by atoms with E-state index in [1.54, 1.807) is 13.1 Å². The molecule has 2 aromatic rings. The number of pyridine rings is 1. The van der Waals surface area contributed by atoms with E-state index in [1.807, 2.05) is 0 Å². The minimum atomic E-state index is -4.05. The number of aromatic carboxylic acids is 1. The number of anilines is 2. The van der Waals surface area contributed by atoms with Gasteiger partial charge < -0.3 is 20.6 Å². The van der Waals surface area contributed by atoms with Crippen LogP contribution in [0.4, 0.5) is 11.4 Å². The molecule has 9 nitrogen and oxygen atoms in total. The molecule has 1 heterocycles. The van der Waals surface area contributed by atoms with Crippen LogP contribution in [0, 0.1) is 5.41 Å². The topological polar surface area (TPSA) is 141 Å². The Morgan fingerprint density at radius 2 is 2.00 bits per heavy atom. The Balaban J connectivity index is 2.50. The molecule has 0 amide bonds. The molecule has 0 radical (unpaired) electrons. The van der Waals surface area contributed by atoms with Crippen molar-refractivity contribution in [1.82, 2.24) is 4.98 Å². The maximum atomic E-state index is 12.6. The molecule has 0 saturated carbocycles. The molecule has 2 rings (SSSR count). The summed E-state index contributed by atoms with van der Waals surface area (Å²) in [6, 6.07) is 5.38. The smallest absolute Gasteiger partial charge is 0.354 e. The second-order valence-corrected chi connectivity index (χ2v) is 6.47. The molecule has 0 saturated heterocycles. The van der Waals surface area contributed by atoms with Crippen LogP contribution in [0.5, 0.6) is 5.75 Å². The van der Waals surface area contributed by atoms with Gasteiger partial charge in [-0.05, 0) is 24.3 Å². The summed E-state index contributed by atoms with van der Waals surface area (Å²) in [4.78, 5) is 14.2. The van der Waals surface area contributed by atoms with Gasteiger partial charge in [-0.25, -0.2) is 18.2 Å². The van der Waals surface area contributed by atoms with Crippen molar-refractivity contribution in [2.75, 3.05) is 24.2 Å². The Labute approximate surface area is 144 Å². The van der Waals surface area contributed by atoms with Gasteiger partial charge in [0, 0.05) is 25.0 Å². The van der Waals surface area contributed by atoms with Crippen LogP contribution in [0.15, 0.2) is 35.4 Å². The van der Waals surface area contributed by atoms with Crippen molar-refractivity contribution in [3.63, 3.8) is 0 Å². The van der Waals surface area contributed by atoms with Crippen LogP contribution < -0.4 is 14.8 Å². The third-order valence-corrected chi connectivity index (χ3v) is 4.66. The summed E-state index contributed by atoms with van der Waals surface area (Å²) in [6.07, 6.45) is 2.03. The molecule has 0 aliphatic rings. The number of carboxylic acids is 1. The van der Waals surface area contributed by atoms with Gasteiger partial charge in [0.1, 0.15) is 22.0 Å². The summed E-state index contributed by atoms with van der Waals surface area (Å²) in [5.74, 6) is -0.997. The molecule has 0 aliphatic heterocycles. The van der Waals surface area contributed by atoms with Crippen molar-refractivity contribution >= 4 is 33.6 Å². The average Bonchev–Trinajstić information content (AvgIpc) is 2.61. The summed E-state index contributed by atoms with van der Waals surface area (Å²) >= 11 is 0. The number of aromatic nitrogens is 1. The van der Waals surface area contributed by atoms with Gasteiger partial charge in [0.05, 0.1) is 12.8 Å². The standard InChI is InChI=1S/C15H16N4O5S/c1-17-13-9(7-16)3-6-12(24-2)14(13)19-25(22,23)10-4-5-11(15(20)21)18-8-10/h3-8,16-17,19H,1-2H3,(H,20,21). The minimum absolute atomic E-state index is 0.133. The average molecular weight is 364 g/mol. The number of sulfonamides is 1. The number of nitrogens with one attached hydrogen (secondary N) is 3. The lowest BCUT2D eigenvalue weighted by Gasteiger charge is -2.17. The Morgan fingerprint density at radius 3 is 2.48 bits per heavy atom. The second kappa shape index (κ2) is 7.18.